The SMILES string of the molecule is COc1ccc(S(=O)(=O)CCC(=O)NCCc2ccccc2O)cc1Cl. The van der Waals surface area contributed by atoms with Crippen LogP contribution in [0.5, 0.6) is 11.5 Å². The lowest BCUT2D eigenvalue weighted by molar-refractivity contribution is -0.120. The Morgan fingerprint density at radius 1 is 1.23 bits per heavy atom. The van der Waals surface area contributed by atoms with Crippen molar-refractivity contribution >= 4 is 27.3 Å². The van der Waals surface area contributed by atoms with Crippen LogP contribution in [0.3, 0.4) is 0 Å². The Balaban J connectivity index is 1.86. The highest BCUT2D eigenvalue weighted by molar-refractivity contribution is 7.91. The van der Waals surface area contributed by atoms with E-state index in [9.17, 15) is 18.3 Å². The van der Waals surface area contributed by atoms with Gasteiger partial charge in [0.1, 0.15) is 11.5 Å². The molecule has 0 bridgehead atoms. The van der Waals surface area contributed by atoms with E-state index in [0.29, 0.717) is 24.3 Å². The zero-order valence-electron chi connectivity index (χ0n) is 14.2. The van der Waals surface area contributed by atoms with Gasteiger partial charge >= 0.3 is 0 Å². The van der Waals surface area contributed by atoms with E-state index < -0.39 is 9.84 Å². The second-order valence-electron chi connectivity index (χ2n) is 5.59. The number of carbonyl (C=O) groups excluding carboxylic acids is 1. The van der Waals surface area contributed by atoms with Crippen molar-refractivity contribution in [2.45, 2.75) is 17.7 Å². The van der Waals surface area contributed by atoms with Crippen molar-refractivity contribution in [2.24, 2.45) is 0 Å². The third kappa shape index (κ3) is 5.37. The lowest BCUT2D eigenvalue weighted by Gasteiger charge is -2.09. The van der Waals surface area contributed by atoms with Gasteiger partial charge in [0, 0.05) is 13.0 Å². The summed E-state index contributed by atoms with van der Waals surface area (Å²) in [6.07, 6.45) is 0.298. The van der Waals surface area contributed by atoms with Gasteiger partial charge in [0.15, 0.2) is 9.84 Å². The average molecular weight is 398 g/mol. The van der Waals surface area contributed by atoms with Crippen molar-refractivity contribution in [3.05, 3.63) is 53.1 Å². The smallest absolute Gasteiger partial charge is 0.221 e. The molecule has 0 aliphatic carbocycles. The quantitative estimate of drug-likeness (QED) is 0.714. The second-order valence-corrected chi connectivity index (χ2v) is 8.11. The minimum atomic E-state index is -3.63. The summed E-state index contributed by atoms with van der Waals surface area (Å²) in [5.41, 5.74) is 0.716. The van der Waals surface area contributed by atoms with Gasteiger partial charge in [-0.05, 0) is 36.2 Å². The van der Waals surface area contributed by atoms with Gasteiger partial charge in [-0.15, -0.1) is 0 Å². The number of para-hydroxylation sites is 1. The number of nitrogens with one attached hydrogen (secondary N) is 1. The number of halogens is 1. The fraction of sp³-hybridized carbons (Fsp3) is 0.278. The number of methoxy groups -OCH3 is 1. The monoisotopic (exact) mass is 397 g/mol. The molecule has 0 saturated carbocycles. The number of hydrogen-bond donors (Lipinski definition) is 2. The highest BCUT2D eigenvalue weighted by Crippen LogP contribution is 2.27. The van der Waals surface area contributed by atoms with Crippen LogP contribution >= 0.6 is 11.6 Å². The molecule has 6 nitrogen and oxygen atoms in total. The first kappa shape index (κ1) is 20.1. The fourth-order valence-electron chi connectivity index (χ4n) is 2.33. The van der Waals surface area contributed by atoms with Gasteiger partial charge in [-0.1, -0.05) is 29.8 Å². The number of ether oxygens (including phenoxy) is 1. The van der Waals surface area contributed by atoms with Crippen LogP contribution in [0.1, 0.15) is 12.0 Å². The summed E-state index contributed by atoms with van der Waals surface area (Å²) in [7, 11) is -2.19. The van der Waals surface area contributed by atoms with E-state index in [-0.39, 0.29) is 33.7 Å². The molecule has 2 aromatic carbocycles. The third-order valence-electron chi connectivity index (χ3n) is 3.79. The molecule has 140 valence electrons. The first-order valence-corrected chi connectivity index (χ1v) is 9.96. The van der Waals surface area contributed by atoms with Gasteiger partial charge in [-0.3, -0.25) is 4.79 Å². The second kappa shape index (κ2) is 8.91. The zero-order chi connectivity index (χ0) is 19.2. The number of aromatic hydroxyl groups is 1. The van der Waals surface area contributed by atoms with Gasteiger partial charge in [0.05, 0.1) is 22.8 Å². The Labute approximate surface area is 157 Å². The van der Waals surface area contributed by atoms with Crippen LogP contribution < -0.4 is 10.1 Å². The van der Waals surface area contributed by atoms with E-state index in [1.165, 1.54) is 25.3 Å². The lowest BCUT2D eigenvalue weighted by Crippen LogP contribution is -2.27. The predicted molar refractivity (Wildman–Crippen MR) is 99.5 cm³/mol. The van der Waals surface area contributed by atoms with Crippen molar-refractivity contribution in [3.8, 4) is 11.5 Å². The molecule has 0 saturated heterocycles. The van der Waals surface area contributed by atoms with Gasteiger partial charge in [0.25, 0.3) is 0 Å². The molecule has 26 heavy (non-hydrogen) atoms. The summed E-state index contributed by atoms with van der Waals surface area (Å²) < 4.78 is 29.6. The third-order valence-corrected chi connectivity index (χ3v) is 5.80. The minimum absolute atomic E-state index is 0.0466. The van der Waals surface area contributed by atoms with E-state index in [1.807, 2.05) is 0 Å². The Hall–Kier alpha value is -2.25. The largest absolute Gasteiger partial charge is 0.508 e. The van der Waals surface area contributed by atoms with Crippen LogP contribution in [0.2, 0.25) is 5.02 Å². The van der Waals surface area contributed by atoms with E-state index in [2.05, 4.69) is 5.32 Å². The molecular formula is C18H20ClNO5S. The van der Waals surface area contributed by atoms with E-state index >= 15 is 0 Å². The maximum atomic E-state index is 12.3. The van der Waals surface area contributed by atoms with Crippen LogP contribution in [0.4, 0.5) is 0 Å². The number of phenols is 1. The topological polar surface area (TPSA) is 92.7 Å². The Morgan fingerprint density at radius 2 is 1.96 bits per heavy atom. The van der Waals surface area contributed by atoms with Crippen molar-refractivity contribution in [1.29, 1.82) is 0 Å². The molecule has 2 rings (SSSR count). The normalized spacial score (nSPS) is 11.2. The summed E-state index contributed by atoms with van der Waals surface area (Å²) in [6, 6.07) is 11.0. The summed E-state index contributed by atoms with van der Waals surface area (Å²) in [5, 5.41) is 12.5. The highest BCUT2D eigenvalue weighted by atomic mass is 35.5. The molecule has 2 aromatic rings. The molecule has 0 spiro atoms. The maximum absolute atomic E-state index is 12.3. The molecule has 8 heteroatoms. The van der Waals surface area contributed by atoms with E-state index in [0.717, 1.165) is 0 Å². The maximum Gasteiger partial charge on any atom is 0.221 e. The molecule has 0 heterocycles. The number of hydrogen-bond acceptors (Lipinski definition) is 5. The molecule has 1 amide bonds. The number of benzene rings is 2. The number of phenolic OH excluding ortho intramolecular Hbond substituents is 1. The first-order valence-electron chi connectivity index (χ1n) is 7.93. The van der Waals surface area contributed by atoms with Gasteiger partial charge in [-0.25, -0.2) is 8.42 Å². The van der Waals surface area contributed by atoms with Gasteiger partial charge in [0.2, 0.25) is 5.91 Å². The molecule has 0 unspecified atom stereocenters. The Bertz CT molecular complexity index is 883. The summed E-state index contributed by atoms with van der Waals surface area (Å²) in [5.74, 6) is -0.144. The zero-order valence-corrected chi connectivity index (χ0v) is 15.8. The number of carbonyl (C=O) groups is 1. The van der Waals surface area contributed by atoms with Crippen molar-refractivity contribution < 1.29 is 23.1 Å². The van der Waals surface area contributed by atoms with Gasteiger partial charge in [-0.2, -0.15) is 0 Å². The molecule has 0 radical (unpaired) electrons. The van der Waals surface area contributed by atoms with Crippen molar-refractivity contribution in [3.63, 3.8) is 0 Å². The summed E-state index contributed by atoms with van der Waals surface area (Å²) in [6.45, 7) is 0.310. The van der Waals surface area contributed by atoms with E-state index in [1.54, 1.807) is 24.3 Å². The molecule has 2 N–H and O–H groups in total. The lowest BCUT2D eigenvalue weighted by atomic mass is 10.1. The van der Waals surface area contributed by atoms with Crippen LogP contribution in [0.25, 0.3) is 0 Å². The van der Waals surface area contributed by atoms with E-state index in [4.69, 9.17) is 16.3 Å². The molecule has 0 aliphatic heterocycles. The molecule has 0 aromatic heterocycles. The molecule has 0 atom stereocenters. The van der Waals surface area contributed by atoms with Crippen molar-refractivity contribution in [2.75, 3.05) is 19.4 Å². The Morgan fingerprint density at radius 3 is 2.62 bits per heavy atom. The fourth-order valence-corrected chi connectivity index (χ4v) is 3.92. The van der Waals surface area contributed by atoms with Crippen LogP contribution in [0, 0.1) is 0 Å². The predicted octanol–water partition coefficient (Wildman–Crippen LogP) is 2.58. The van der Waals surface area contributed by atoms with Crippen molar-refractivity contribution in [1.82, 2.24) is 5.32 Å². The number of sulfone groups is 1. The molecule has 0 fully saturated rings. The highest BCUT2D eigenvalue weighted by Gasteiger charge is 2.18. The van der Waals surface area contributed by atoms with Crippen LogP contribution in [-0.4, -0.2) is 38.8 Å². The number of rotatable bonds is 8. The molecular weight excluding hydrogens is 378 g/mol. The molecule has 0 aliphatic rings. The van der Waals surface area contributed by atoms with Crippen LogP contribution in [0.15, 0.2) is 47.4 Å². The minimum Gasteiger partial charge on any atom is -0.508 e. The summed E-state index contributed by atoms with van der Waals surface area (Å²) >= 11 is 5.95. The van der Waals surface area contributed by atoms with Crippen LogP contribution in [-0.2, 0) is 21.1 Å². The standard InChI is InChI=1S/C18H20ClNO5S/c1-25-17-7-6-14(12-15(17)19)26(23,24)11-9-18(22)20-10-8-13-4-2-3-5-16(13)21/h2-7,12,21H,8-11H2,1H3,(H,20,22). The van der Waals surface area contributed by atoms with Gasteiger partial charge < -0.3 is 15.2 Å². The first-order chi connectivity index (χ1) is 12.3. The number of amides is 1. The average Bonchev–Trinajstić information content (AvgIpc) is 2.61. The Kier molecular flexibility index (Phi) is 6.88. The summed E-state index contributed by atoms with van der Waals surface area (Å²) in [4.78, 5) is 11.9.